The maximum atomic E-state index is 11.2. The Kier molecular flexibility index (Phi) is 9.76. The Hall–Kier alpha value is -1.06. The van der Waals surface area contributed by atoms with Crippen molar-refractivity contribution in [3.63, 3.8) is 0 Å². The van der Waals surface area contributed by atoms with Crippen LogP contribution < -0.4 is 0 Å². The minimum absolute atomic E-state index is 0.479. The first-order chi connectivity index (χ1) is 7.70. The van der Waals surface area contributed by atoms with Gasteiger partial charge in [0.25, 0.3) is 0 Å². The van der Waals surface area contributed by atoms with Crippen molar-refractivity contribution in [2.24, 2.45) is 0 Å². The molecule has 4 heteroatoms. The summed E-state index contributed by atoms with van der Waals surface area (Å²) in [7, 11) is 0. The summed E-state index contributed by atoms with van der Waals surface area (Å²) in [6, 6.07) is 0. The van der Waals surface area contributed by atoms with Gasteiger partial charge in [-0.2, -0.15) is 0 Å². The normalized spacial score (nSPS) is 13.1. The van der Waals surface area contributed by atoms with Crippen molar-refractivity contribution in [1.29, 1.82) is 0 Å². The minimum atomic E-state index is 0.479. The summed E-state index contributed by atoms with van der Waals surface area (Å²) in [5.74, 6) is 0. The van der Waals surface area contributed by atoms with E-state index in [4.69, 9.17) is 0 Å². The van der Waals surface area contributed by atoms with Crippen LogP contribution in [-0.4, -0.2) is 35.0 Å². The Balaban J connectivity index is 3.77. The Morgan fingerprint density at radius 2 is 1.12 bits per heavy atom. The molecule has 0 aliphatic carbocycles. The van der Waals surface area contributed by atoms with Gasteiger partial charge in [0.1, 0.15) is 0 Å². The summed E-state index contributed by atoms with van der Waals surface area (Å²) in [5, 5.41) is 22.4. The summed E-state index contributed by atoms with van der Waals surface area (Å²) in [4.78, 5) is 0. The highest BCUT2D eigenvalue weighted by molar-refractivity contribution is 6.10. The first-order valence-corrected chi connectivity index (χ1v) is 6.26. The van der Waals surface area contributed by atoms with Crippen molar-refractivity contribution in [2.75, 3.05) is 13.1 Å². The molecule has 16 heavy (non-hydrogen) atoms. The molecule has 0 saturated carbocycles. The molecule has 0 saturated heterocycles. The van der Waals surface area contributed by atoms with Crippen LogP contribution in [0.15, 0.2) is 0 Å². The van der Waals surface area contributed by atoms with Crippen molar-refractivity contribution in [1.82, 2.24) is 0 Å². The monoisotopic (exact) mass is 228 g/mol. The quantitative estimate of drug-likeness (QED) is 0.200. The van der Waals surface area contributed by atoms with E-state index in [1.165, 1.54) is 12.4 Å². The lowest BCUT2D eigenvalue weighted by atomic mass is 10.2. The van der Waals surface area contributed by atoms with E-state index in [9.17, 15) is 10.4 Å². The SMILES string of the molecule is CCCCC/[N+]([O-])=C/C=[N+](\[O-])CCCCC. The smallest absolute Gasteiger partial charge is 0.239 e. The molecule has 0 amide bonds. The van der Waals surface area contributed by atoms with Crippen LogP contribution in [0.25, 0.3) is 0 Å². The van der Waals surface area contributed by atoms with Crippen LogP contribution in [0.5, 0.6) is 0 Å². The van der Waals surface area contributed by atoms with Gasteiger partial charge in [-0.25, -0.2) is 9.48 Å². The fourth-order valence-electron chi connectivity index (χ4n) is 1.33. The molecule has 94 valence electrons. The largest absolute Gasteiger partial charge is 0.624 e. The third-order valence-corrected chi connectivity index (χ3v) is 2.36. The van der Waals surface area contributed by atoms with Gasteiger partial charge in [-0.15, -0.1) is 0 Å². The molecule has 0 bridgehead atoms. The van der Waals surface area contributed by atoms with Crippen LogP contribution in [0, 0.1) is 10.4 Å². The predicted molar refractivity (Wildman–Crippen MR) is 68.2 cm³/mol. The fourth-order valence-corrected chi connectivity index (χ4v) is 1.33. The zero-order valence-corrected chi connectivity index (χ0v) is 10.5. The van der Waals surface area contributed by atoms with E-state index in [2.05, 4.69) is 13.8 Å². The molecule has 0 aliphatic heterocycles. The van der Waals surface area contributed by atoms with Gasteiger partial charge >= 0.3 is 0 Å². The molecule has 0 aliphatic rings. The average molecular weight is 228 g/mol. The molecule has 0 N–H and O–H groups in total. The van der Waals surface area contributed by atoms with Crippen LogP contribution in [0.3, 0.4) is 0 Å². The second-order valence-corrected chi connectivity index (χ2v) is 3.99. The van der Waals surface area contributed by atoms with Crippen LogP contribution in [-0.2, 0) is 0 Å². The van der Waals surface area contributed by atoms with Gasteiger partial charge in [0.05, 0.1) is 0 Å². The van der Waals surface area contributed by atoms with Crippen molar-refractivity contribution in [2.45, 2.75) is 52.4 Å². The summed E-state index contributed by atoms with van der Waals surface area (Å²) >= 11 is 0. The molecule has 0 radical (unpaired) electrons. The standard InChI is InChI=1S/C12H24N2O2/c1-3-5-7-9-13(15)11-12-14(16)10-8-6-4-2/h11-12H,3-10H2,1-2H3/b13-11-,14-12-. The molecule has 0 aromatic carbocycles. The number of hydrogen-bond acceptors (Lipinski definition) is 2. The van der Waals surface area contributed by atoms with Gasteiger partial charge in [0.15, 0.2) is 13.1 Å². The molecule has 0 unspecified atom stereocenters. The van der Waals surface area contributed by atoms with Gasteiger partial charge in [-0.05, 0) is 12.8 Å². The van der Waals surface area contributed by atoms with Crippen molar-refractivity contribution in [3.05, 3.63) is 10.4 Å². The maximum Gasteiger partial charge on any atom is 0.239 e. The van der Waals surface area contributed by atoms with Gasteiger partial charge in [-0.3, -0.25) is 0 Å². The fraction of sp³-hybridized carbons (Fsp3) is 0.833. The molecule has 0 spiro atoms. The highest BCUT2D eigenvalue weighted by atomic mass is 16.5. The van der Waals surface area contributed by atoms with E-state index in [0.29, 0.717) is 13.1 Å². The van der Waals surface area contributed by atoms with E-state index < -0.39 is 0 Å². The van der Waals surface area contributed by atoms with Gasteiger partial charge < -0.3 is 10.4 Å². The number of rotatable bonds is 9. The Morgan fingerprint density at radius 1 is 0.750 bits per heavy atom. The average Bonchev–Trinajstić information content (AvgIpc) is 2.27. The zero-order chi connectivity index (χ0) is 12.2. The number of hydrogen-bond donors (Lipinski definition) is 0. The minimum Gasteiger partial charge on any atom is -0.624 e. The summed E-state index contributed by atoms with van der Waals surface area (Å²) in [6.45, 7) is 5.15. The Bertz CT molecular complexity index is 201. The Labute approximate surface area is 98.5 Å². The second kappa shape index (κ2) is 10.5. The van der Waals surface area contributed by atoms with Crippen molar-refractivity contribution >= 4 is 12.4 Å². The molecule has 0 aromatic rings. The number of unbranched alkanes of at least 4 members (excludes halogenated alkanes) is 4. The van der Waals surface area contributed by atoms with Crippen LogP contribution in [0.4, 0.5) is 0 Å². The van der Waals surface area contributed by atoms with Gasteiger partial charge in [0.2, 0.25) is 12.4 Å². The zero-order valence-electron chi connectivity index (χ0n) is 10.5. The Morgan fingerprint density at radius 3 is 1.44 bits per heavy atom. The van der Waals surface area contributed by atoms with Crippen molar-refractivity contribution < 1.29 is 9.48 Å². The molecule has 0 heterocycles. The van der Waals surface area contributed by atoms with E-state index in [1.807, 2.05) is 0 Å². The second-order valence-electron chi connectivity index (χ2n) is 3.99. The molecule has 0 fully saturated rings. The number of hydroxylamine groups is 2. The summed E-state index contributed by atoms with van der Waals surface area (Å²) in [5.41, 5.74) is 0. The van der Waals surface area contributed by atoms with E-state index in [-0.39, 0.29) is 0 Å². The van der Waals surface area contributed by atoms with Gasteiger partial charge in [-0.1, -0.05) is 26.7 Å². The molecule has 0 atom stereocenters. The van der Waals surface area contributed by atoms with Crippen LogP contribution in [0.1, 0.15) is 52.4 Å². The molecule has 4 nitrogen and oxygen atoms in total. The van der Waals surface area contributed by atoms with Gasteiger partial charge in [0, 0.05) is 12.8 Å². The van der Waals surface area contributed by atoms with E-state index in [0.717, 1.165) is 48.0 Å². The first kappa shape index (κ1) is 14.9. The molecule has 0 aromatic heterocycles. The molecular formula is C12H24N2O2. The van der Waals surface area contributed by atoms with Crippen LogP contribution in [0.2, 0.25) is 0 Å². The topological polar surface area (TPSA) is 52.1 Å². The lowest BCUT2D eigenvalue weighted by molar-refractivity contribution is -0.465. The third-order valence-electron chi connectivity index (χ3n) is 2.36. The lowest BCUT2D eigenvalue weighted by Crippen LogP contribution is -2.13. The molecule has 0 rings (SSSR count). The van der Waals surface area contributed by atoms with Crippen molar-refractivity contribution in [3.8, 4) is 0 Å². The van der Waals surface area contributed by atoms with E-state index >= 15 is 0 Å². The predicted octanol–water partition coefficient (Wildman–Crippen LogP) is 2.53. The third kappa shape index (κ3) is 9.49. The highest BCUT2D eigenvalue weighted by Gasteiger charge is 1.96. The summed E-state index contributed by atoms with van der Waals surface area (Å²) < 4.78 is 1.67. The highest BCUT2D eigenvalue weighted by Crippen LogP contribution is 1.93. The van der Waals surface area contributed by atoms with Crippen LogP contribution >= 0.6 is 0 Å². The number of nitrogens with zero attached hydrogens (tertiary/aromatic N) is 2. The lowest BCUT2D eigenvalue weighted by Gasteiger charge is -2.03. The molecular weight excluding hydrogens is 204 g/mol. The maximum absolute atomic E-state index is 11.2. The van der Waals surface area contributed by atoms with E-state index in [1.54, 1.807) is 0 Å². The first-order valence-electron chi connectivity index (χ1n) is 6.26. The summed E-state index contributed by atoms with van der Waals surface area (Å²) in [6.07, 6.45) is 8.75.